The van der Waals surface area contributed by atoms with Crippen LogP contribution in [0.15, 0.2) is 0 Å². The first-order chi connectivity index (χ1) is 6.63. The summed E-state index contributed by atoms with van der Waals surface area (Å²) in [5, 5.41) is 10.7. The van der Waals surface area contributed by atoms with Gasteiger partial charge >= 0.3 is 0 Å². The summed E-state index contributed by atoms with van der Waals surface area (Å²) in [6.07, 6.45) is 8.82. The van der Waals surface area contributed by atoms with Gasteiger partial charge in [0.1, 0.15) is 0 Å². The molecule has 0 aliphatic carbocycles. The lowest BCUT2D eigenvalue weighted by Crippen LogP contribution is -2.45. The number of hydrogen-bond donors (Lipinski definition) is 4. The highest BCUT2D eigenvalue weighted by Crippen LogP contribution is 2.07. The van der Waals surface area contributed by atoms with E-state index in [0.29, 0.717) is 11.7 Å². The van der Waals surface area contributed by atoms with Crippen LogP contribution in [0.2, 0.25) is 0 Å². The van der Waals surface area contributed by atoms with Crippen molar-refractivity contribution >= 4 is 11.7 Å². The molecule has 0 fully saturated rings. The summed E-state index contributed by atoms with van der Waals surface area (Å²) >= 11 is 0. The van der Waals surface area contributed by atoms with Crippen molar-refractivity contribution in [2.24, 2.45) is 11.5 Å². The van der Waals surface area contributed by atoms with E-state index in [-0.39, 0.29) is 0 Å². The Labute approximate surface area is 86.1 Å². The molecule has 0 atom stereocenters. The predicted octanol–water partition coefficient (Wildman–Crippen LogP) is -1.66. The molecule has 8 N–H and O–H groups in total. The van der Waals surface area contributed by atoms with E-state index in [2.05, 4.69) is 0 Å². The topological polar surface area (TPSA) is 103 Å². The molecule has 0 aromatic rings. The Hall–Kier alpha value is -1.06. The quantitative estimate of drug-likeness (QED) is 0.203. The molecular weight excluding hydrogens is 176 g/mol. The second-order valence-electron chi connectivity index (χ2n) is 3.77. The van der Waals surface area contributed by atoms with Crippen molar-refractivity contribution in [2.45, 2.75) is 51.4 Å². The molecule has 0 aliphatic heterocycles. The van der Waals surface area contributed by atoms with Gasteiger partial charge in [-0.15, -0.1) is 0 Å². The summed E-state index contributed by atoms with van der Waals surface area (Å²) in [4.78, 5) is 0. The second-order valence-corrected chi connectivity index (χ2v) is 3.77. The third kappa shape index (κ3) is 10.9. The number of rotatable bonds is 9. The molecule has 4 heteroatoms. The first-order valence-electron chi connectivity index (χ1n) is 5.36. The largest absolute Gasteiger partial charge is 0.291 e. The van der Waals surface area contributed by atoms with Crippen molar-refractivity contribution < 1.29 is 10.8 Å². The molecule has 0 radical (unpaired) electrons. The fourth-order valence-corrected chi connectivity index (χ4v) is 1.37. The van der Waals surface area contributed by atoms with Crippen LogP contribution in [0.4, 0.5) is 0 Å². The number of unbranched alkanes of at least 4 members (excludes halogenated alkanes) is 5. The van der Waals surface area contributed by atoms with Crippen LogP contribution in [0.25, 0.3) is 0 Å². The maximum atomic E-state index is 5.35. The summed E-state index contributed by atoms with van der Waals surface area (Å²) in [6.45, 7) is 0. The van der Waals surface area contributed by atoms with Crippen LogP contribution < -0.4 is 22.3 Å². The molecule has 4 nitrogen and oxygen atoms in total. The molecule has 0 spiro atoms. The van der Waals surface area contributed by atoms with E-state index in [9.17, 15) is 0 Å². The summed E-state index contributed by atoms with van der Waals surface area (Å²) in [5.74, 6) is 1.10. The van der Waals surface area contributed by atoms with E-state index >= 15 is 0 Å². The van der Waals surface area contributed by atoms with Crippen LogP contribution in [0.1, 0.15) is 51.4 Å². The van der Waals surface area contributed by atoms with Crippen LogP contribution in [0.5, 0.6) is 0 Å². The first-order valence-corrected chi connectivity index (χ1v) is 5.36. The van der Waals surface area contributed by atoms with Crippen molar-refractivity contribution in [1.82, 2.24) is 0 Å². The third-order valence-corrected chi connectivity index (χ3v) is 2.18. The van der Waals surface area contributed by atoms with Gasteiger partial charge in [-0.05, 0) is 12.8 Å². The van der Waals surface area contributed by atoms with Gasteiger partial charge < -0.3 is 0 Å². The third-order valence-electron chi connectivity index (χ3n) is 2.18. The zero-order valence-corrected chi connectivity index (χ0v) is 8.97. The molecule has 0 aliphatic rings. The summed E-state index contributed by atoms with van der Waals surface area (Å²) in [5.41, 5.74) is 10.7. The first kappa shape index (κ1) is 12.9. The van der Waals surface area contributed by atoms with Crippen molar-refractivity contribution in [1.29, 1.82) is 0 Å². The smallest absolute Gasteiger partial charge is 0.238 e. The average Bonchev–Trinajstić information content (AvgIpc) is 2.08. The summed E-state index contributed by atoms with van der Waals surface area (Å²) in [7, 11) is 0. The molecule has 0 unspecified atom stereocenters. The van der Waals surface area contributed by atoms with Gasteiger partial charge in [-0.3, -0.25) is 22.3 Å². The van der Waals surface area contributed by atoms with E-state index in [1.54, 1.807) is 0 Å². The lowest BCUT2D eigenvalue weighted by Gasteiger charge is -1.98. The van der Waals surface area contributed by atoms with E-state index < -0.39 is 0 Å². The van der Waals surface area contributed by atoms with Gasteiger partial charge in [-0.25, -0.2) is 0 Å². The molecule has 0 rings (SSSR count). The van der Waals surface area contributed by atoms with Crippen LogP contribution in [-0.2, 0) is 0 Å². The fraction of sp³-hybridized carbons (Fsp3) is 0.800. The SMILES string of the molecule is NC(=[NH2+])CCCCCCCCC(N)=[NH2+]. The zero-order valence-electron chi connectivity index (χ0n) is 8.97. The Morgan fingerprint density at radius 1 is 0.643 bits per heavy atom. The molecule has 82 valence electrons. The van der Waals surface area contributed by atoms with Crippen LogP contribution in [-0.4, -0.2) is 11.7 Å². The van der Waals surface area contributed by atoms with Gasteiger partial charge in [-0.1, -0.05) is 25.7 Å². The van der Waals surface area contributed by atoms with Gasteiger partial charge in [0.2, 0.25) is 11.7 Å². The fourth-order valence-electron chi connectivity index (χ4n) is 1.37. The lowest BCUT2D eigenvalue weighted by molar-refractivity contribution is -0.119. The number of hydrogen-bond acceptors (Lipinski definition) is 0. The van der Waals surface area contributed by atoms with E-state index in [0.717, 1.165) is 25.7 Å². The summed E-state index contributed by atoms with van der Waals surface area (Å²) in [6, 6.07) is 0. The maximum Gasteiger partial charge on any atom is 0.238 e. The molecular formula is C10H24N4+2. The van der Waals surface area contributed by atoms with E-state index in [1.165, 1.54) is 25.7 Å². The minimum absolute atomic E-state index is 0.551. The highest BCUT2D eigenvalue weighted by Gasteiger charge is 1.97. The van der Waals surface area contributed by atoms with E-state index in [1.807, 2.05) is 0 Å². The van der Waals surface area contributed by atoms with E-state index in [4.69, 9.17) is 22.3 Å². The average molecular weight is 200 g/mol. The molecule has 0 saturated heterocycles. The Kier molecular flexibility index (Phi) is 7.89. The monoisotopic (exact) mass is 200 g/mol. The van der Waals surface area contributed by atoms with Gasteiger partial charge in [0.25, 0.3) is 0 Å². The number of amidine groups is 2. The molecule has 0 aromatic carbocycles. The minimum Gasteiger partial charge on any atom is -0.291 e. The predicted molar refractivity (Wildman–Crippen MR) is 59.2 cm³/mol. The van der Waals surface area contributed by atoms with Gasteiger partial charge in [0, 0.05) is 12.8 Å². The zero-order chi connectivity index (χ0) is 10.8. The standard InChI is InChI=1S/C10H22N4/c11-9(12)7-5-3-1-2-4-6-8-10(13)14/h1-8H2,(H3,11,12)(H3,13,14)/p+2. The van der Waals surface area contributed by atoms with Crippen molar-refractivity contribution in [3.8, 4) is 0 Å². The van der Waals surface area contributed by atoms with Crippen molar-refractivity contribution in [3.63, 3.8) is 0 Å². The van der Waals surface area contributed by atoms with Gasteiger partial charge in [0.05, 0.1) is 0 Å². The maximum absolute atomic E-state index is 5.35. The van der Waals surface area contributed by atoms with Crippen molar-refractivity contribution in [3.05, 3.63) is 0 Å². The Bertz CT molecular complexity index is 157. The van der Waals surface area contributed by atoms with Crippen LogP contribution in [0, 0.1) is 0 Å². The highest BCUT2D eigenvalue weighted by atomic mass is 14.7. The lowest BCUT2D eigenvalue weighted by atomic mass is 10.1. The molecule has 14 heavy (non-hydrogen) atoms. The Balaban J connectivity index is 2.99. The molecule has 0 heterocycles. The van der Waals surface area contributed by atoms with Gasteiger partial charge in [0.15, 0.2) is 0 Å². The minimum atomic E-state index is 0.551. The molecule has 0 bridgehead atoms. The molecule has 0 aromatic heterocycles. The van der Waals surface area contributed by atoms with Crippen molar-refractivity contribution in [2.75, 3.05) is 0 Å². The molecule has 0 amide bonds. The molecule has 0 saturated carbocycles. The second kappa shape index (κ2) is 8.53. The van der Waals surface area contributed by atoms with Crippen LogP contribution in [0.3, 0.4) is 0 Å². The van der Waals surface area contributed by atoms with Crippen LogP contribution >= 0.6 is 0 Å². The Morgan fingerprint density at radius 3 is 1.21 bits per heavy atom. The normalized spacial score (nSPS) is 10.0. The summed E-state index contributed by atoms with van der Waals surface area (Å²) < 4.78 is 0. The number of nitrogens with two attached hydrogens (primary N) is 4. The Morgan fingerprint density at radius 2 is 0.929 bits per heavy atom. The highest BCUT2D eigenvalue weighted by molar-refractivity contribution is 5.73. The van der Waals surface area contributed by atoms with Gasteiger partial charge in [-0.2, -0.15) is 0 Å².